The first-order chi connectivity index (χ1) is 13.7. The van der Waals surface area contributed by atoms with Crippen molar-refractivity contribution < 1.29 is 19.0 Å². The maximum atomic E-state index is 12.1. The van der Waals surface area contributed by atoms with Gasteiger partial charge in [0.05, 0.1) is 16.8 Å². The molecule has 1 fully saturated rings. The third-order valence-electron chi connectivity index (χ3n) is 4.67. The molecule has 0 bridgehead atoms. The van der Waals surface area contributed by atoms with Gasteiger partial charge >= 0.3 is 6.09 Å². The highest BCUT2D eigenvalue weighted by Gasteiger charge is 2.28. The van der Waals surface area contributed by atoms with E-state index in [2.05, 4.69) is 37.3 Å². The number of benzene rings is 2. The summed E-state index contributed by atoms with van der Waals surface area (Å²) in [6, 6.07) is 16.8. The first kappa shape index (κ1) is 20.5. The van der Waals surface area contributed by atoms with Gasteiger partial charge in [0.25, 0.3) is 0 Å². The SMILES string of the molecule is CCC1CCOC(=O)N1Cc1ccc(-c2nc3ccccc3s2)cc1.O=[PH2]O. The molecule has 0 spiro atoms. The second-order valence-corrected chi connectivity index (χ2v) is 7.62. The van der Waals surface area contributed by atoms with Crippen molar-refractivity contribution in [1.82, 2.24) is 9.88 Å². The third kappa shape index (κ3) is 4.79. The zero-order chi connectivity index (χ0) is 19.9. The number of fused-ring (bicyclic) bond motifs is 1. The van der Waals surface area contributed by atoms with Crippen molar-refractivity contribution in [2.24, 2.45) is 0 Å². The van der Waals surface area contributed by atoms with Crippen LogP contribution in [0.3, 0.4) is 0 Å². The van der Waals surface area contributed by atoms with Gasteiger partial charge in [0, 0.05) is 24.6 Å². The fourth-order valence-electron chi connectivity index (χ4n) is 3.23. The van der Waals surface area contributed by atoms with E-state index >= 15 is 0 Å². The van der Waals surface area contributed by atoms with E-state index in [1.807, 2.05) is 23.1 Å². The molecule has 1 amide bonds. The number of hydrogen-bond donors (Lipinski definition) is 1. The third-order valence-corrected chi connectivity index (χ3v) is 5.76. The van der Waals surface area contributed by atoms with E-state index < -0.39 is 8.69 Å². The Kier molecular flexibility index (Phi) is 7.20. The van der Waals surface area contributed by atoms with Gasteiger partial charge in [-0.05, 0) is 24.1 Å². The van der Waals surface area contributed by atoms with Gasteiger partial charge in [-0.3, -0.25) is 4.57 Å². The van der Waals surface area contributed by atoms with Crippen LogP contribution in [0.1, 0.15) is 25.3 Å². The summed E-state index contributed by atoms with van der Waals surface area (Å²) < 4.78 is 15.0. The first-order valence-electron chi connectivity index (χ1n) is 9.12. The van der Waals surface area contributed by atoms with E-state index in [1.165, 1.54) is 4.70 Å². The molecule has 8 heteroatoms. The van der Waals surface area contributed by atoms with Gasteiger partial charge in [0.2, 0.25) is 0 Å². The van der Waals surface area contributed by atoms with Gasteiger partial charge in [-0.1, -0.05) is 43.3 Å². The minimum atomic E-state index is -1.50. The molecule has 1 aliphatic rings. The molecule has 0 saturated carbocycles. The van der Waals surface area contributed by atoms with Crippen molar-refractivity contribution in [1.29, 1.82) is 0 Å². The molecule has 1 N–H and O–H groups in total. The molecule has 0 aliphatic carbocycles. The molecule has 0 radical (unpaired) electrons. The smallest absolute Gasteiger partial charge is 0.410 e. The number of carbonyl (C=O) groups excluding carboxylic acids is 1. The van der Waals surface area contributed by atoms with Crippen LogP contribution in [-0.4, -0.2) is 33.5 Å². The van der Waals surface area contributed by atoms with Crippen LogP contribution in [0.25, 0.3) is 20.8 Å². The van der Waals surface area contributed by atoms with E-state index in [0.717, 1.165) is 34.5 Å². The van der Waals surface area contributed by atoms with Crippen molar-refractivity contribution in [2.45, 2.75) is 32.4 Å². The molecule has 28 heavy (non-hydrogen) atoms. The first-order valence-corrected chi connectivity index (χ1v) is 10.9. The van der Waals surface area contributed by atoms with E-state index in [4.69, 9.17) is 19.2 Å². The average molecular weight is 418 g/mol. The summed E-state index contributed by atoms with van der Waals surface area (Å²) in [6.07, 6.45) is 1.67. The van der Waals surface area contributed by atoms with Crippen LogP contribution in [0.15, 0.2) is 48.5 Å². The zero-order valence-electron chi connectivity index (χ0n) is 15.6. The lowest BCUT2D eigenvalue weighted by Crippen LogP contribution is -2.44. The van der Waals surface area contributed by atoms with E-state index in [0.29, 0.717) is 13.2 Å². The monoisotopic (exact) mass is 418 g/mol. The van der Waals surface area contributed by atoms with Gasteiger partial charge < -0.3 is 14.5 Å². The van der Waals surface area contributed by atoms with Gasteiger partial charge in [-0.25, -0.2) is 9.78 Å². The summed E-state index contributed by atoms with van der Waals surface area (Å²) in [5.41, 5.74) is 3.26. The van der Waals surface area contributed by atoms with Crippen LogP contribution in [0.4, 0.5) is 4.79 Å². The van der Waals surface area contributed by atoms with Crippen molar-refractivity contribution in [3.05, 3.63) is 54.1 Å². The predicted molar refractivity (Wildman–Crippen MR) is 113 cm³/mol. The van der Waals surface area contributed by atoms with Gasteiger partial charge in [0.15, 0.2) is 8.69 Å². The zero-order valence-corrected chi connectivity index (χ0v) is 17.5. The lowest BCUT2D eigenvalue weighted by molar-refractivity contribution is 0.0394. The van der Waals surface area contributed by atoms with Crippen LogP contribution >= 0.6 is 20.0 Å². The van der Waals surface area contributed by atoms with E-state index in [-0.39, 0.29) is 12.1 Å². The molecule has 2 unspecified atom stereocenters. The number of nitrogens with zero attached hydrogens (tertiary/aromatic N) is 2. The fraction of sp³-hybridized carbons (Fsp3) is 0.300. The summed E-state index contributed by atoms with van der Waals surface area (Å²) >= 11 is 1.70. The maximum absolute atomic E-state index is 12.1. The Labute approximate surface area is 169 Å². The largest absolute Gasteiger partial charge is 0.449 e. The Morgan fingerprint density at radius 2 is 1.96 bits per heavy atom. The molecule has 6 nitrogen and oxygen atoms in total. The number of para-hydroxylation sites is 1. The molecule has 148 valence electrons. The molecular formula is C20H23N2O4PS. The normalized spacial score (nSPS) is 16.9. The number of hydrogen-bond acceptors (Lipinski definition) is 5. The standard InChI is InChI=1S/C20H20N2O2S.H3O2P/c1-2-16-11-12-24-20(23)22(16)13-14-7-9-15(10-8-14)19-21-17-5-3-4-6-18(17)25-19;1-3-2/h3-10,16H,2,11-13H2,1H3;3H2,(H,1,2). The molecule has 1 saturated heterocycles. The Hall–Kier alpha value is -2.21. The lowest BCUT2D eigenvalue weighted by Gasteiger charge is -2.34. The van der Waals surface area contributed by atoms with E-state index in [1.54, 1.807) is 11.3 Å². The fourth-order valence-corrected chi connectivity index (χ4v) is 4.20. The summed E-state index contributed by atoms with van der Waals surface area (Å²) in [4.78, 5) is 25.7. The highest BCUT2D eigenvalue weighted by Crippen LogP contribution is 2.30. The number of ether oxygens (including phenoxy) is 1. The van der Waals surface area contributed by atoms with Crippen LogP contribution in [-0.2, 0) is 15.8 Å². The molecule has 1 aromatic heterocycles. The van der Waals surface area contributed by atoms with Crippen LogP contribution in [0.5, 0.6) is 0 Å². The maximum Gasteiger partial charge on any atom is 0.410 e. The van der Waals surface area contributed by atoms with Gasteiger partial charge in [-0.2, -0.15) is 0 Å². The summed E-state index contributed by atoms with van der Waals surface area (Å²) in [7, 11) is -1.50. The molecule has 3 aromatic rings. The molecule has 4 rings (SSSR count). The summed E-state index contributed by atoms with van der Waals surface area (Å²) in [5, 5.41) is 1.02. The molecular weight excluding hydrogens is 395 g/mol. The number of amides is 1. The molecule has 2 heterocycles. The second kappa shape index (κ2) is 9.82. The number of carbonyl (C=O) groups is 1. The Balaban J connectivity index is 0.000000706. The van der Waals surface area contributed by atoms with Crippen molar-refractivity contribution in [3.63, 3.8) is 0 Å². The summed E-state index contributed by atoms with van der Waals surface area (Å²) in [5.74, 6) is 0. The second-order valence-electron chi connectivity index (χ2n) is 6.38. The highest BCUT2D eigenvalue weighted by molar-refractivity contribution is 7.21. The highest BCUT2D eigenvalue weighted by atomic mass is 32.1. The Bertz CT molecular complexity index is 912. The topological polar surface area (TPSA) is 79.7 Å². The minimum Gasteiger partial charge on any atom is -0.449 e. The summed E-state index contributed by atoms with van der Waals surface area (Å²) in [6.45, 7) is 3.24. The van der Waals surface area contributed by atoms with Crippen molar-refractivity contribution >= 4 is 36.3 Å². The quantitative estimate of drug-likeness (QED) is 0.620. The predicted octanol–water partition coefficient (Wildman–Crippen LogP) is 4.73. The lowest BCUT2D eigenvalue weighted by atomic mass is 10.1. The van der Waals surface area contributed by atoms with Crippen molar-refractivity contribution in [3.8, 4) is 10.6 Å². The number of rotatable bonds is 4. The van der Waals surface area contributed by atoms with Crippen molar-refractivity contribution in [2.75, 3.05) is 6.61 Å². The molecule has 2 atom stereocenters. The molecule has 2 aromatic carbocycles. The average Bonchev–Trinajstić information content (AvgIpc) is 3.15. The molecule has 1 aliphatic heterocycles. The van der Waals surface area contributed by atoms with E-state index in [9.17, 15) is 4.79 Å². The number of thiazole rings is 1. The Morgan fingerprint density at radius 1 is 1.25 bits per heavy atom. The number of cyclic esters (lactones) is 1. The van der Waals surface area contributed by atoms with Crippen LogP contribution in [0.2, 0.25) is 0 Å². The van der Waals surface area contributed by atoms with Gasteiger partial charge in [-0.15, -0.1) is 11.3 Å². The Morgan fingerprint density at radius 3 is 2.64 bits per heavy atom. The van der Waals surface area contributed by atoms with Crippen LogP contribution < -0.4 is 0 Å². The number of aromatic nitrogens is 1. The van der Waals surface area contributed by atoms with Crippen LogP contribution in [0, 0.1) is 0 Å². The minimum absolute atomic E-state index is 0.201. The van der Waals surface area contributed by atoms with Gasteiger partial charge in [0.1, 0.15) is 5.01 Å².